The molecule has 312 valence electrons. The Morgan fingerprint density at radius 1 is 0.737 bits per heavy atom. The van der Waals surface area contributed by atoms with Crippen molar-refractivity contribution in [2.45, 2.75) is 103 Å². The molecule has 0 amide bonds. The van der Waals surface area contributed by atoms with Crippen LogP contribution in [0.15, 0.2) is 106 Å². The number of unbranched alkanes of at least 4 members (excludes halogenated alkanes) is 1. The summed E-state index contributed by atoms with van der Waals surface area (Å²) in [5, 5.41) is -5.95. The molecule has 4 fully saturated rings. The van der Waals surface area contributed by atoms with E-state index in [9.17, 15) is 53.3 Å². The van der Waals surface area contributed by atoms with Gasteiger partial charge in [-0.25, -0.2) is 13.2 Å². The van der Waals surface area contributed by atoms with E-state index in [0.29, 0.717) is 19.3 Å². The maximum Gasteiger partial charge on any atom is 0.468 e. The molecule has 3 aromatic rings. The van der Waals surface area contributed by atoms with E-state index in [1.165, 1.54) is 21.6 Å². The summed E-state index contributed by atoms with van der Waals surface area (Å²) in [6.45, 7) is -0.551. The average molecular weight is 849 g/mol. The Balaban J connectivity index is 0.000000270. The molecule has 0 aliphatic heterocycles. The normalized spacial score (nSPS) is 22.9. The Morgan fingerprint density at radius 2 is 1.16 bits per heavy atom. The molecule has 0 saturated heterocycles. The third-order valence-corrected chi connectivity index (χ3v) is 13.6. The number of ether oxygens (including phenoxy) is 3. The monoisotopic (exact) mass is 848 g/mol. The molecule has 17 heteroatoms. The van der Waals surface area contributed by atoms with Gasteiger partial charge in [-0.05, 0) is 112 Å². The van der Waals surface area contributed by atoms with Crippen LogP contribution < -0.4 is 0 Å². The molecule has 4 aliphatic rings. The zero-order chi connectivity index (χ0) is 41.7. The van der Waals surface area contributed by atoms with Gasteiger partial charge in [0.05, 0.1) is 29.5 Å². The number of hydrogen-bond donors (Lipinski definition) is 0. The summed E-state index contributed by atoms with van der Waals surface area (Å²) in [5.74, 6) is -12.5. The van der Waals surface area contributed by atoms with E-state index in [2.05, 4.69) is 100 Å². The standard InChI is InChI=1S/C22H29F7O8S.C18H15S/c1-2-35-17(31)20(21(25,26)27,36-6-4-3-5-19(23,24)22(28,29)38(32,33)34)37-16(30)18-10-13-7-14(11-18)9-15(8-13)12-18;1-4-10-16(11-5-1)19(17-12-6-2-7-13-17)18-14-8-3-9-15-18/h13-15H,2-12H2,1H3,(H,32,33,34);1-15H/q;+1/p-1. The Kier molecular flexibility index (Phi) is 13.8. The molecular formula is C40H43F7O8S2. The van der Waals surface area contributed by atoms with Gasteiger partial charge in [-0.2, -0.15) is 30.7 Å². The van der Waals surface area contributed by atoms with Crippen LogP contribution in [0.4, 0.5) is 30.7 Å². The first-order valence-corrected chi connectivity index (χ1v) is 21.1. The van der Waals surface area contributed by atoms with Crippen LogP contribution in [0.25, 0.3) is 0 Å². The minimum atomic E-state index is -6.73. The molecular weight excluding hydrogens is 806 g/mol. The van der Waals surface area contributed by atoms with E-state index in [1.54, 1.807) is 0 Å². The summed E-state index contributed by atoms with van der Waals surface area (Å²) >= 11 is 0. The van der Waals surface area contributed by atoms with Gasteiger partial charge in [0.15, 0.2) is 24.8 Å². The van der Waals surface area contributed by atoms with Crippen molar-refractivity contribution in [1.82, 2.24) is 0 Å². The summed E-state index contributed by atoms with van der Waals surface area (Å²) < 4.78 is 142. The number of carbonyl (C=O) groups is 2. The van der Waals surface area contributed by atoms with Crippen molar-refractivity contribution in [3.63, 3.8) is 0 Å². The summed E-state index contributed by atoms with van der Waals surface area (Å²) in [5.41, 5.74) is -1.24. The highest BCUT2D eigenvalue weighted by Gasteiger charge is 2.69. The maximum atomic E-state index is 14.2. The maximum absolute atomic E-state index is 14.2. The van der Waals surface area contributed by atoms with Crippen LogP contribution >= 0.6 is 0 Å². The van der Waals surface area contributed by atoms with Crippen LogP contribution in [0.5, 0.6) is 0 Å². The topological polar surface area (TPSA) is 119 Å². The van der Waals surface area contributed by atoms with Crippen molar-refractivity contribution in [2.24, 2.45) is 23.2 Å². The highest BCUT2D eigenvalue weighted by molar-refractivity contribution is 7.97. The summed E-state index contributed by atoms with van der Waals surface area (Å²) in [7, 11) is -6.74. The quantitative estimate of drug-likeness (QED) is 0.0371. The molecule has 8 nitrogen and oxygen atoms in total. The van der Waals surface area contributed by atoms with Crippen molar-refractivity contribution in [1.29, 1.82) is 0 Å². The second kappa shape index (κ2) is 17.7. The van der Waals surface area contributed by atoms with Crippen molar-refractivity contribution in [3.8, 4) is 0 Å². The predicted molar refractivity (Wildman–Crippen MR) is 193 cm³/mol. The molecule has 57 heavy (non-hydrogen) atoms. The Morgan fingerprint density at radius 3 is 1.53 bits per heavy atom. The third kappa shape index (κ3) is 9.80. The molecule has 4 aliphatic carbocycles. The number of carbonyl (C=O) groups excluding carboxylic acids is 2. The van der Waals surface area contributed by atoms with Gasteiger partial charge in [0.1, 0.15) is 0 Å². The fraction of sp³-hybridized carbons (Fsp3) is 0.500. The number of alkyl halides is 7. The average Bonchev–Trinajstić information content (AvgIpc) is 3.14. The fourth-order valence-electron chi connectivity index (χ4n) is 8.28. The molecule has 4 saturated carbocycles. The van der Waals surface area contributed by atoms with Crippen LogP contribution in [-0.4, -0.2) is 61.3 Å². The smallest absolute Gasteiger partial charge is 0.468 e. The lowest BCUT2D eigenvalue weighted by atomic mass is 9.49. The zero-order valence-electron chi connectivity index (χ0n) is 30.9. The van der Waals surface area contributed by atoms with Gasteiger partial charge in [0.25, 0.3) is 0 Å². The van der Waals surface area contributed by atoms with E-state index < -0.39 is 83.1 Å². The molecule has 3 aromatic carbocycles. The Hall–Kier alpha value is -3.67. The number of benzene rings is 3. The zero-order valence-corrected chi connectivity index (χ0v) is 32.5. The lowest BCUT2D eigenvalue weighted by molar-refractivity contribution is -0.359. The number of halogens is 7. The number of esters is 2. The Labute approximate surface area is 329 Å². The molecule has 0 radical (unpaired) electrons. The van der Waals surface area contributed by atoms with Gasteiger partial charge in [0, 0.05) is 6.42 Å². The molecule has 0 aromatic heterocycles. The van der Waals surface area contributed by atoms with Gasteiger partial charge in [-0.1, -0.05) is 54.6 Å². The van der Waals surface area contributed by atoms with Crippen molar-refractivity contribution in [2.75, 3.05) is 13.2 Å². The minimum absolute atomic E-state index is 0.0146. The van der Waals surface area contributed by atoms with Gasteiger partial charge in [-0.15, -0.1) is 0 Å². The molecule has 0 N–H and O–H groups in total. The van der Waals surface area contributed by atoms with E-state index in [4.69, 9.17) is 4.74 Å². The largest absolute Gasteiger partial charge is 0.743 e. The first kappa shape index (κ1) is 44.4. The SMILES string of the molecule is CCOC(=O)C(OCCCCC(F)(F)C(F)(F)S(=O)(=O)[O-])(OC(=O)C12CC3CC(CC(C3)C1)C2)C(F)(F)F.c1ccc([S+](c2ccccc2)c2ccccc2)cc1. The first-order chi connectivity index (χ1) is 26.8. The molecule has 7 rings (SSSR count). The second-order valence-corrected chi connectivity index (χ2v) is 18.1. The van der Waals surface area contributed by atoms with Crippen LogP contribution in [0, 0.1) is 23.2 Å². The van der Waals surface area contributed by atoms with E-state index in [-0.39, 0.29) is 28.6 Å². The van der Waals surface area contributed by atoms with Crippen molar-refractivity contribution >= 4 is 33.0 Å². The molecule has 1 atom stereocenters. The summed E-state index contributed by atoms with van der Waals surface area (Å²) in [6, 6.07) is 32.2. The first-order valence-electron chi connectivity index (χ1n) is 18.5. The molecule has 0 heterocycles. The van der Waals surface area contributed by atoms with Crippen molar-refractivity contribution < 1.29 is 67.5 Å². The fourth-order valence-corrected chi connectivity index (χ4v) is 10.9. The molecule has 0 spiro atoms. The van der Waals surface area contributed by atoms with Gasteiger partial charge in [0.2, 0.25) is 0 Å². The third-order valence-electron chi connectivity index (χ3n) is 10.5. The lowest BCUT2D eigenvalue weighted by Crippen LogP contribution is -2.61. The Bertz CT molecular complexity index is 1790. The highest BCUT2D eigenvalue weighted by atomic mass is 32.2. The van der Waals surface area contributed by atoms with Crippen LogP contribution in [0.1, 0.15) is 64.7 Å². The predicted octanol–water partition coefficient (Wildman–Crippen LogP) is 9.31. The van der Waals surface area contributed by atoms with Crippen LogP contribution in [0.3, 0.4) is 0 Å². The van der Waals surface area contributed by atoms with Gasteiger partial charge in [-0.3, -0.25) is 4.79 Å². The van der Waals surface area contributed by atoms with E-state index >= 15 is 0 Å². The van der Waals surface area contributed by atoms with E-state index in [0.717, 1.165) is 19.3 Å². The summed E-state index contributed by atoms with van der Waals surface area (Å²) in [6.07, 6.45) is -5.98. The van der Waals surface area contributed by atoms with E-state index in [1.807, 2.05) is 0 Å². The minimum Gasteiger partial charge on any atom is -0.743 e. The molecule has 1 unspecified atom stereocenters. The second-order valence-electron chi connectivity index (χ2n) is 14.6. The number of hydrogen-bond acceptors (Lipinski definition) is 8. The van der Waals surface area contributed by atoms with Gasteiger partial charge < -0.3 is 18.8 Å². The summed E-state index contributed by atoms with van der Waals surface area (Å²) in [4.78, 5) is 29.8. The van der Waals surface area contributed by atoms with Crippen LogP contribution in [-0.2, 0) is 44.8 Å². The number of rotatable bonds is 15. The highest BCUT2D eigenvalue weighted by Crippen LogP contribution is 2.61. The molecule has 4 bridgehead atoms. The van der Waals surface area contributed by atoms with Gasteiger partial charge >= 0.3 is 35.1 Å². The lowest BCUT2D eigenvalue weighted by Gasteiger charge is -2.55. The van der Waals surface area contributed by atoms with Crippen molar-refractivity contribution in [3.05, 3.63) is 91.0 Å². The van der Waals surface area contributed by atoms with Crippen LogP contribution in [0.2, 0.25) is 0 Å².